The zero-order valence-electron chi connectivity index (χ0n) is 11.3. The quantitative estimate of drug-likeness (QED) is 0.924. The molecule has 0 saturated heterocycles. The van der Waals surface area contributed by atoms with Crippen molar-refractivity contribution in [1.29, 1.82) is 0 Å². The van der Waals surface area contributed by atoms with Gasteiger partial charge in [-0.2, -0.15) is 0 Å². The van der Waals surface area contributed by atoms with Crippen LogP contribution in [0.1, 0.15) is 26.7 Å². The first-order valence-electron chi connectivity index (χ1n) is 5.77. The molecule has 0 atom stereocenters. The maximum Gasteiger partial charge on any atom is 0.282 e. The average Bonchev–Trinajstić information content (AvgIpc) is 2.67. The summed E-state index contributed by atoms with van der Waals surface area (Å²) in [6.45, 7) is 7.56. The van der Waals surface area contributed by atoms with Crippen LogP contribution in [0.5, 0.6) is 5.88 Å². The van der Waals surface area contributed by atoms with Crippen LogP contribution in [-0.2, 0) is 0 Å². The Hall–Kier alpha value is -1.76. The molecule has 2 rings (SSSR count). The van der Waals surface area contributed by atoms with Crippen molar-refractivity contribution in [3.63, 3.8) is 0 Å². The minimum atomic E-state index is -0.356. The van der Waals surface area contributed by atoms with Gasteiger partial charge in [0.1, 0.15) is 10.6 Å². The Morgan fingerprint density at radius 1 is 1.26 bits per heavy atom. The Labute approximate surface area is 115 Å². The zero-order chi connectivity index (χ0) is 14.0. The third-order valence-electron chi connectivity index (χ3n) is 1.97. The molecule has 19 heavy (non-hydrogen) atoms. The van der Waals surface area contributed by atoms with Gasteiger partial charge >= 0.3 is 0 Å². The van der Waals surface area contributed by atoms with Crippen LogP contribution < -0.4 is 10.5 Å². The number of hydrogen-bond acceptors (Lipinski definition) is 7. The summed E-state index contributed by atoms with van der Waals surface area (Å²) in [6.07, 6.45) is 0. The highest BCUT2D eigenvalue weighted by Gasteiger charge is 2.16. The van der Waals surface area contributed by atoms with Gasteiger partial charge in [0.05, 0.1) is 5.69 Å². The molecular formula is C12H16N4O2S. The fourth-order valence-corrected chi connectivity index (χ4v) is 1.96. The van der Waals surface area contributed by atoms with Gasteiger partial charge in [0, 0.05) is 6.92 Å². The van der Waals surface area contributed by atoms with E-state index in [4.69, 9.17) is 14.9 Å². The van der Waals surface area contributed by atoms with Crippen LogP contribution in [0.4, 0.5) is 5.69 Å². The van der Waals surface area contributed by atoms with Gasteiger partial charge < -0.3 is 14.9 Å². The lowest BCUT2D eigenvalue weighted by Gasteiger charge is -2.21. The number of ether oxygens (including phenoxy) is 1. The van der Waals surface area contributed by atoms with E-state index in [-0.39, 0.29) is 5.60 Å². The lowest BCUT2D eigenvalue weighted by molar-refractivity contribution is 0.124. The van der Waals surface area contributed by atoms with Crippen molar-refractivity contribution in [2.75, 3.05) is 5.73 Å². The summed E-state index contributed by atoms with van der Waals surface area (Å²) in [5.74, 6) is 0.929. The molecule has 2 N–H and O–H groups in total. The number of aryl methyl sites for hydroxylation is 1. The molecule has 0 saturated carbocycles. The van der Waals surface area contributed by atoms with Gasteiger partial charge in [0.2, 0.25) is 11.8 Å². The number of nitrogens with two attached hydrogens (primary N) is 1. The zero-order valence-corrected chi connectivity index (χ0v) is 12.1. The van der Waals surface area contributed by atoms with Crippen LogP contribution in [0, 0.1) is 6.92 Å². The number of anilines is 1. The topological polar surface area (TPSA) is 87.1 Å². The Kier molecular flexibility index (Phi) is 3.66. The summed E-state index contributed by atoms with van der Waals surface area (Å²) in [7, 11) is 0. The van der Waals surface area contributed by atoms with Gasteiger partial charge in [0.25, 0.3) is 5.22 Å². The molecule has 0 spiro atoms. The molecule has 0 amide bonds. The second kappa shape index (κ2) is 5.08. The Morgan fingerprint density at radius 2 is 2.00 bits per heavy atom. The minimum absolute atomic E-state index is 0.356. The van der Waals surface area contributed by atoms with Crippen LogP contribution in [0.15, 0.2) is 26.8 Å². The molecule has 0 aliphatic carbocycles. The van der Waals surface area contributed by atoms with E-state index in [9.17, 15) is 0 Å². The molecule has 0 bridgehead atoms. The predicted octanol–water partition coefficient (Wildman–Crippen LogP) is 2.68. The first kappa shape index (κ1) is 13.7. The van der Waals surface area contributed by atoms with Crippen molar-refractivity contribution in [1.82, 2.24) is 15.2 Å². The molecule has 6 nitrogen and oxygen atoms in total. The molecule has 7 heteroatoms. The lowest BCUT2D eigenvalue weighted by atomic mass is 10.2. The molecule has 2 heterocycles. The third-order valence-corrected chi connectivity index (χ3v) is 2.74. The average molecular weight is 280 g/mol. The molecule has 0 aliphatic rings. The van der Waals surface area contributed by atoms with Crippen molar-refractivity contribution >= 4 is 17.4 Å². The number of hydrogen-bond donors (Lipinski definition) is 1. The van der Waals surface area contributed by atoms with Gasteiger partial charge in [-0.1, -0.05) is 0 Å². The number of aromatic nitrogens is 3. The lowest BCUT2D eigenvalue weighted by Crippen LogP contribution is -2.24. The van der Waals surface area contributed by atoms with Crippen LogP contribution >= 0.6 is 11.8 Å². The van der Waals surface area contributed by atoms with Gasteiger partial charge in [0.15, 0.2) is 0 Å². The van der Waals surface area contributed by atoms with Crippen molar-refractivity contribution in [2.45, 2.75) is 43.5 Å². The van der Waals surface area contributed by atoms with Crippen LogP contribution in [0.25, 0.3) is 0 Å². The molecule has 0 unspecified atom stereocenters. The summed E-state index contributed by atoms with van der Waals surface area (Å²) >= 11 is 1.27. The van der Waals surface area contributed by atoms with E-state index in [2.05, 4.69) is 15.2 Å². The molecule has 0 fully saturated rings. The maximum absolute atomic E-state index is 5.85. The van der Waals surface area contributed by atoms with E-state index < -0.39 is 0 Å². The second-order valence-corrected chi connectivity index (χ2v) is 5.92. The molecule has 102 valence electrons. The summed E-state index contributed by atoms with van der Waals surface area (Å²) in [5.41, 5.74) is 5.99. The van der Waals surface area contributed by atoms with Gasteiger partial charge in [-0.05, 0) is 44.7 Å². The first-order valence-corrected chi connectivity index (χ1v) is 6.59. The number of pyridine rings is 1. The van der Waals surface area contributed by atoms with Crippen molar-refractivity contribution in [3.8, 4) is 5.88 Å². The Morgan fingerprint density at radius 3 is 2.58 bits per heavy atom. The van der Waals surface area contributed by atoms with E-state index in [1.165, 1.54) is 11.8 Å². The third kappa shape index (κ3) is 3.85. The van der Waals surface area contributed by atoms with Crippen LogP contribution in [0.2, 0.25) is 0 Å². The van der Waals surface area contributed by atoms with Gasteiger partial charge in [-0.25, -0.2) is 4.98 Å². The van der Waals surface area contributed by atoms with Crippen LogP contribution in [0.3, 0.4) is 0 Å². The monoisotopic (exact) mass is 280 g/mol. The highest BCUT2D eigenvalue weighted by molar-refractivity contribution is 7.99. The number of nitrogens with zero attached hydrogens (tertiary/aromatic N) is 3. The molecule has 0 radical (unpaired) electrons. The SMILES string of the molecule is Cc1nnc(Sc2ccc(N)c(OC(C)(C)C)n2)o1. The van der Waals surface area contributed by atoms with E-state index in [1.807, 2.05) is 20.8 Å². The molecule has 2 aromatic heterocycles. The van der Waals surface area contributed by atoms with Crippen molar-refractivity contribution in [3.05, 3.63) is 18.0 Å². The molecular weight excluding hydrogens is 264 g/mol. The molecule has 0 aromatic carbocycles. The van der Waals surface area contributed by atoms with Crippen LogP contribution in [-0.4, -0.2) is 20.8 Å². The minimum Gasteiger partial charge on any atom is -0.470 e. The van der Waals surface area contributed by atoms with E-state index in [1.54, 1.807) is 19.1 Å². The normalized spacial score (nSPS) is 11.6. The highest BCUT2D eigenvalue weighted by Crippen LogP contribution is 2.30. The largest absolute Gasteiger partial charge is 0.470 e. The Bertz CT molecular complexity index is 577. The van der Waals surface area contributed by atoms with E-state index >= 15 is 0 Å². The van der Waals surface area contributed by atoms with E-state index in [0.29, 0.717) is 27.7 Å². The summed E-state index contributed by atoms with van der Waals surface area (Å²) in [4.78, 5) is 4.35. The summed E-state index contributed by atoms with van der Waals surface area (Å²) in [5, 5.41) is 8.80. The number of nitrogen functional groups attached to an aromatic ring is 1. The fourth-order valence-electron chi connectivity index (χ4n) is 1.27. The predicted molar refractivity (Wildman–Crippen MR) is 72.2 cm³/mol. The highest BCUT2D eigenvalue weighted by atomic mass is 32.2. The van der Waals surface area contributed by atoms with E-state index in [0.717, 1.165) is 0 Å². The number of rotatable bonds is 3. The maximum atomic E-state index is 5.85. The van der Waals surface area contributed by atoms with Gasteiger partial charge in [-0.3, -0.25) is 0 Å². The standard InChI is InChI=1S/C12H16N4O2S/c1-7-15-16-11(17-7)19-9-6-5-8(13)10(14-9)18-12(2,3)4/h5-6H,13H2,1-4H3. The summed E-state index contributed by atoms with van der Waals surface area (Å²) in [6, 6.07) is 3.54. The van der Waals surface area contributed by atoms with Gasteiger partial charge in [-0.15, -0.1) is 10.2 Å². The fraction of sp³-hybridized carbons (Fsp3) is 0.417. The Balaban J connectivity index is 2.21. The van der Waals surface area contributed by atoms with Crippen molar-refractivity contribution < 1.29 is 9.15 Å². The molecule has 2 aromatic rings. The second-order valence-electron chi connectivity index (χ2n) is 4.95. The summed E-state index contributed by atoms with van der Waals surface area (Å²) < 4.78 is 11.0. The first-order chi connectivity index (χ1) is 8.83. The smallest absolute Gasteiger partial charge is 0.282 e. The van der Waals surface area contributed by atoms with Crippen molar-refractivity contribution in [2.24, 2.45) is 0 Å². The molecule has 0 aliphatic heterocycles.